The van der Waals surface area contributed by atoms with Gasteiger partial charge in [-0.15, -0.1) is 0 Å². The van der Waals surface area contributed by atoms with Crippen LogP contribution in [0.5, 0.6) is 17.2 Å². The van der Waals surface area contributed by atoms with E-state index in [1.165, 1.54) is 33.5 Å². The van der Waals surface area contributed by atoms with E-state index in [0.29, 0.717) is 22.8 Å². The minimum Gasteiger partial charge on any atom is -0.493 e. The Morgan fingerprint density at radius 1 is 1.07 bits per heavy atom. The number of ether oxygens (including phenoxy) is 3. The molecule has 0 radical (unpaired) electrons. The summed E-state index contributed by atoms with van der Waals surface area (Å²) in [5, 5.41) is 7.73. The Hall–Kier alpha value is -2.49. The topological polar surface area (TPSA) is 117 Å². The Labute approximate surface area is 162 Å². The number of hydrogen-bond acceptors (Lipinski definition) is 6. The number of halogens is 1. The van der Waals surface area contributed by atoms with Gasteiger partial charge in [0.15, 0.2) is 11.5 Å². The number of amides is 1. The molecule has 0 saturated heterocycles. The zero-order valence-electron chi connectivity index (χ0n) is 14.9. The van der Waals surface area contributed by atoms with Crippen molar-refractivity contribution < 1.29 is 27.4 Å². The SMILES string of the molecule is COc1cc(CNC(=O)c2ccc(Cl)c(S(N)(=O)=O)c2)cc(OC)c1OC. The van der Waals surface area contributed by atoms with Crippen molar-refractivity contribution in [3.63, 3.8) is 0 Å². The zero-order chi connectivity index (χ0) is 20.2. The molecule has 2 aromatic rings. The highest BCUT2D eigenvalue weighted by Gasteiger charge is 2.17. The molecule has 0 saturated carbocycles. The normalized spacial score (nSPS) is 11.0. The number of benzene rings is 2. The van der Waals surface area contributed by atoms with Crippen molar-refractivity contribution in [3.8, 4) is 17.2 Å². The molecule has 0 spiro atoms. The standard InChI is InChI=1S/C17H19ClN2O6S/c1-24-13-6-10(7-14(25-2)16(13)26-3)9-20-17(21)11-4-5-12(18)15(8-11)27(19,22)23/h4-8H,9H2,1-3H3,(H,20,21)(H2,19,22,23). The van der Waals surface area contributed by atoms with Gasteiger partial charge in [-0.05, 0) is 35.9 Å². The van der Waals surface area contributed by atoms with Crippen LogP contribution in [0.3, 0.4) is 0 Å². The molecular formula is C17H19ClN2O6S. The van der Waals surface area contributed by atoms with E-state index in [1.54, 1.807) is 12.1 Å². The maximum Gasteiger partial charge on any atom is 0.251 e. The first-order chi connectivity index (χ1) is 12.7. The van der Waals surface area contributed by atoms with E-state index >= 15 is 0 Å². The lowest BCUT2D eigenvalue weighted by Crippen LogP contribution is -2.23. The minimum atomic E-state index is -4.04. The van der Waals surface area contributed by atoms with Crippen molar-refractivity contribution in [3.05, 3.63) is 46.5 Å². The molecule has 10 heteroatoms. The van der Waals surface area contributed by atoms with Crippen LogP contribution >= 0.6 is 11.6 Å². The molecule has 0 heterocycles. The van der Waals surface area contributed by atoms with Gasteiger partial charge in [0.1, 0.15) is 4.90 Å². The molecule has 0 fully saturated rings. The molecule has 0 atom stereocenters. The number of rotatable bonds is 7. The third-order valence-electron chi connectivity index (χ3n) is 3.68. The van der Waals surface area contributed by atoms with Crippen molar-refractivity contribution >= 4 is 27.5 Å². The highest BCUT2D eigenvalue weighted by atomic mass is 35.5. The number of carbonyl (C=O) groups is 1. The summed E-state index contributed by atoms with van der Waals surface area (Å²) < 4.78 is 38.8. The zero-order valence-corrected chi connectivity index (χ0v) is 16.5. The van der Waals surface area contributed by atoms with Crippen LogP contribution in [0.25, 0.3) is 0 Å². The minimum absolute atomic E-state index is 0.0568. The van der Waals surface area contributed by atoms with Gasteiger partial charge in [0, 0.05) is 12.1 Å². The molecule has 0 aromatic heterocycles. The molecule has 2 rings (SSSR count). The second-order valence-corrected chi connectivity index (χ2v) is 7.34. The van der Waals surface area contributed by atoms with Gasteiger partial charge in [0.2, 0.25) is 15.8 Å². The molecule has 0 aliphatic rings. The van der Waals surface area contributed by atoms with Crippen molar-refractivity contribution in [2.45, 2.75) is 11.4 Å². The first kappa shape index (κ1) is 20.8. The third-order valence-corrected chi connectivity index (χ3v) is 5.07. The van der Waals surface area contributed by atoms with Crippen LogP contribution in [0.1, 0.15) is 15.9 Å². The van der Waals surface area contributed by atoms with Crippen LogP contribution < -0.4 is 24.7 Å². The van der Waals surface area contributed by atoms with Crippen LogP contribution in [-0.2, 0) is 16.6 Å². The van der Waals surface area contributed by atoms with E-state index in [1.807, 2.05) is 0 Å². The Morgan fingerprint density at radius 2 is 1.67 bits per heavy atom. The highest BCUT2D eigenvalue weighted by Crippen LogP contribution is 2.38. The smallest absolute Gasteiger partial charge is 0.251 e. The lowest BCUT2D eigenvalue weighted by Gasteiger charge is -2.14. The van der Waals surface area contributed by atoms with Gasteiger partial charge in [-0.3, -0.25) is 4.79 Å². The number of primary sulfonamides is 1. The van der Waals surface area contributed by atoms with E-state index in [0.717, 1.165) is 6.07 Å². The van der Waals surface area contributed by atoms with E-state index in [-0.39, 0.29) is 22.0 Å². The molecule has 27 heavy (non-hydrogen) atoms. The summed E-state index contributed by atoms with van der Waals surface area (Å²) in [6.07, 6.45) is 0. The first-order valence-corrected chi connectivity index (χ1v) is 9.53. The molecule has 0 bridgehead atoms. The molecule has 0 aliphatic heterocycles. The Bertz CT molecular complexity index is 937. The van der Waals surface area contributed by atoms with E-state index in [4.69, 9.17) is 31.0 Å². The Balaban J connectivity index is 2.23. The molecule has 0 aliphatic carbocycles. The first-order valence-electron chi connectivity index (χ1n) is 7.60. The number of methoxy groups -OCH3 is 3. The lowest BCUT2D eigenvalue weighted by molar-refractivity contribution is 0.0950. The summed E-state index contributed by atoms with van der Waals surface area (Å²) in [6, 6.07) is 7.22. The van der Waals surface area contributed by atoms with Crippen molar-refractivity contribution in [2.75, 3.05) is 21.3 Å². The van der Waals surface area contributed by atoms with Gasteiger partial charge in [-0.25, -0.2) is 13.6 Å². The predicted octanol–water partition coefficient (Wildman–Crippen LogP) is 1.94. The van der Waals surface area contributed by atoms with Gasteiger partial charge in [-0.2, -0.15) is 0 Å². The van der Waals surface area contributed by atoms with E-state index < -0.39 is 15.9 Å². The van der Waals surface area contributed by atoms with E-state index in [2.05, 4.69) is 5.32 Å². The number of hydrogen-bond donors (Lipinski definition) is 2. The second kappa shape index (κ2) is 8.47. The largest absolute Gasteiger partial charge is 0.493 e. The van der Waals surface area contributed by atoms with Gasteiger partial charge in [0.25, 0.3) is 5.91 Å². The average molecular weight is 415 g/mol. The molecular weight excluding hydrogens is 396 g/mol. The summed E-state index contributed by atoms with van der Waals surface area (Å²) >= 11 is 5.82. The van der Waals surface area contributed by atoms with Crippen LogP contribution in [-0.4, -0.2) is 35.7 Å². The fourth-order valence-electron chi connectivity index (χ4n) is 2.38. The maximum atomic E-state index is 12.4. The molecule has 3 N–H and O–H groups in total. The van der Waals surface area contributed by atoms with Crippen LogP contribution in [0.15, 0.2) is 35.2 Å². The maximum absolute atomic E-state index is 12.4. The summed E-state index contributed by atoms with van der Waals surface area (Å²) in [4.78, 5) is 12.0. The molecule has 2 aromatic carbocycles. The fourth-order valence-corrected chi connectivity index (χ4v) is 3.46. The number of nitrogens with one attached hydrogen (secondary N) is 1. The Kier molecular flexibility index (Phi) is 6.53. The quantitative estimate of drug-likeness (QED) is 0.715. The molecule has 1 amide bonds. The highest BCUT2D eigenvalue weighted by molar-refractivity contribution is 7.89. The number of nitrogens with two attached hydrogens (primary N) is 1. The van der Waals surface area contributed by atoms with Crippen molar-refractivity contribution in [1.82, 2.24) is 5.32 Å². The summed E-state index contributed by atoms with van der Waals surface area (Å²) in [7, 11) is 0.427. The summed E-state index contributed by atoms with van der Waals surface area (Å²) in [6.45, 7) is 0.142. The number of carbonyl (C=O) groups excluding carboxylic acids is 1. The predicted molar refractivity (Wildman–Crippen MR) is 100 cm³/mol. The van der Waals surface area contributed by atoms with Crippen molar-refractivity contribution in [1.29, 1.82) is 0 Å². The van der Waals surface area contributed by atoms with Crippen molar-refractivity contribution in [2.24, 2.45) is 5.14 Å². The van der Waals surface area contributed by atoms with Gasteiger partial charge in [0.05, 0.1) is 26.4 Å². The van der Waals surface area contributed by atoms with Gasteiger partial charge in [-0.1, -0.05) is 11.6 Å². The van der Waals surface area contributed by atoms with Gasteiger partial charge < -0.3 is 19.5 Å². The summed E-state index contributed by atoms with van der Waals surface area (Å²) in [5.41, 5.74) is 0.800. The summed E-state index contributed by atoms with van der Waals surface area (Å²) in [5.74, 6) is 0.837. The van der Waals surface area contributed by atoms with Gasteiger partial charge >= 0.3 is 0 Å². The molecule has 0 unspecified atom stereocenters. The fraction of sp³-hybridized carbons (Fsp3) is 0.235. The monoisotopic (exact) mass is 414 g/mol. The van der Waals surface area contributed by atoms with Crippen LogP contribution in [0.2, 0.25) is 5.02 Å². The van der Waals surface area contributed by atoms with E-state index in [9.17, 15) is 13.2 Å². The lowest BCUT2D eigenvalue weighted by atomic mass is 10.1. The van der Waals surface area contributed by atoms with Crippen LogP contribution in [0.4, 0.5) is 0 Å². The number of sulfonamides is 1. The second-order valence-electron chi connectivity index (χ2n) is 5.41. The Morgan fingerprint density at radius 3 is 2.15 bits per heavy atom. The third kappa shape index (κ3) is 4.82. The molecule has 146 valence electrons. The van der Waals surface area contributed by atoms with Crippen LogP contribution in [0, 0.1) is 0 Å². The average Bonchev–Trinajstić information content (AvgIpc) is 2.64. The molecule has 8 nitrogen and oxygen atoms in total.